The van der Waals surface area contributed by atoms with E-state index in [-0.39, 0.29) is 10.9 Å². The fraction of sp³-hybridized carbons (Fsp3) is 0.357. The summed E-state index contributed by atoms with van der Waals surface area (Å²) < 4.78 is 27.2. The van der Waals surface area contributed by atoms with Crippen LogP contribution in [0.3, 0.4) is 0 Å². The first-order valence-corrected chi connectivity index (χ1v) is 8.59. The van der Waals surface area contributed by atoms with E-state index < -0.39 is 10.0 Å². The topological polar surface area (TPSA) is 66.1 Å². The molecule has 1 saturated heterocycles. The summed E-state index contributed by atoms with van der Waals surface area (Å²) in [7, 11) is -3.54. The maximum absolute atomic E-state index is 12.8. The van der Waals surface area contributed by atoms with Crippen molar-refractivity contribution in [3.63, 3.8) is 0 Å². The molecule has 21 heavy (non-hydrogen) atoms. The Morgan fingerprint density at radius 1 is 1.43 bits per heavy atom. The maximum Gasteiger partial charge on any atom is 0.247 e. The van der Waals surface area contributed by atoms with E-state index >= 15 is 0 Å². The fourth-order valence-corrected chi connectivity index (χ4v) is 4.80. The van der Waals surface area contributed by atoms with Gasteiger partial charge in [-0.15, -0.1) is 0 Å². The minimum Gasteiger partial charge on any atom is -0.281 e. The lowest BCUT2D eigenvalue weighted by Gasteiger charge is -2.24. The molecule has 2 aromatic rings. The Morgan fingerprint density at radius 2 is 2.24 bits per heavy atom. The third-order valence-corrected chi connectivity index (χ3v) is 6.06. The molecule has 112 valence electrons. The van der Waals surface area contributed by atoms with Crippen LogP contribution in [-0.2, 0) is 10.0 Å². The molecule has 1 atom stereocenters. The van der Waals surface area contributed by atoms with Crippen LogP contribution in [0.15, 0.2) is 35.4 Å². The van der Waals surface area contributed by atoms with Gasteiger partial charge in [0.15, 0.2) is 0 Å². The molecule has 1 N–H and O–H groups in total. The van der Waals surface area contributed by atoms with Crippen molar-refractivity contribution in [3.05, 3.63) is 46.7 Å². The van der Waals surface area contributed by atoms with E-state index in [9.17, 15) is 8.42 Å². The van der Waals surface area contributed by atoms with Crippen LogP contribution >= 0.6 is 11.6 Å². The van der Waals surface area contributed by atoms with E-state index in [0.717, 1.165) is 18.4 Å². The minimum atomic E-state index is -3.54. The number of aromatic nitrogens is 2. The molecule has 0 bridgehead atoms. The first-order chi connectivity index (χ1) is 10.00. The maximum atomic E-state index is 12.8. The molecule has 0 amide bonds. The molecule has 2 heterocycles. The van der Waals surface area contributed by atoms with Crippen molar-refractivity contribution < 1.29 is 8.42 Å². The highest BCUT2D eigenvalue weighted by Gasteiger charge is 2.37. The Hall–Kier alpha value is -1.37. The van der Waals surface area contributed by atoms with E-state index in [1.165, 1.54) is 6.20 Å². The van der Waals surface area contributed by atoms with E-state index in [1.807, 2.05) is 18.2 Å². The third kappa shape index (κ3) is 2.59. The molecule has 0 saturated carbocycles. The number of H-pyrrole nitrogens is 1. The van der Waals surface area contributed by atoms with Gasteiger partial charge in [-0.1, -0.05) is 23.7 Å². The van der Waals surface area contributed by atoms with Gasteiger partial charge in [0.05, 0.1) is 17.9 Å². The fourth-order valence-electron chi connectivity index (χ4n) is 2.80. The molecule has 1 aromatic heterocycles. The van der Waals surface area contributed by atoms with E-state index in [2.05, 4.69) is 10.2 Å². The van der Waals surface area contributed by atoms with Gasteiger partial charge in [-0.2, -0.15) is 9.40 Å². The smallest absolute Gasteiger partial charge is 0.247 e. The quantitative estimate of drug-likeness (QED) is 0.943. The van der Waals surface area contributed by atoms with Crippen LogP contribution in [0, 0.1) is 6.92 Å². The van der Waals surface area contributed by atoms with Crippen molar-refractivity contribution in [3.8, 4) is 0 Å². The molecule has 0 spiro atoms. The second kappa shape index (κ2) is 5.44. The average molecular weight is 326 g/mol. The summed E-state index contributed by atoms with van der Waals surface area (Å²) in [6.07, 6.45) is 3.02. The van der Waals surface area contributed by atoms with Gasteiger partial charge in [0, 0.05) is 11.6 Å². The number of benzene rings is 1. The summed E-state index contributed by atoms with van der Waals surface area (Å²) in [4.78, 5) is 0.247. The Morgan fingerprint density at radius 3 is 2.90 bits per heavy atom. The molecule has 7 heteroatoms. The summed E-state index contributed by atoms with van der Waals surface area (Å²) in [5.41, 5.74) is 1.50. The number of hydrogen-bond acceptors (Lipinski definition) is 3. The number of rotatable bonds is 3. The molecular weight excluding hydrogens is 310 g/mol. The van der Waals surface area contributed by atoms with E-state index in [0.29, 0.717) is 17.3 Å². The van der Waals surface area contributed by atoms with Gasteiger partial charge < -0.3 is 0 Å². The predicted molar refractivity (Wildman–Crippen MR) is 80.6 cm³/mol. The predicted octanol–water partition coefficient (Wildman–Crippen LogP) is 2.90. The molecule has 5 nitrogen and oxygen atoms in total. The Labute approximate surface area is 129 Å². The van der Waals surface area contributed by atoms with Crippen LogP contribution in [0.4, 0.5) is 0 Å². The van der Waals surface area contributed by atoms with E-state index in [4.69, 9.17) is 11.6 Å². The summed E-state index contributed by atoms with van der Waals surface area (Å²) in [6.45, 7) is 2.23. The molecule has 1 unspecified atom stereocenters. The Balaban J connectivity index is 2.00. The third-order valence-electron chi connectivity index (χ3n) is 3.81. The lowest BCUT2D eigenvalue weighted by atomic mass is 10.1. The number of aromatic amines is 1. The van der Waals surface area contributed by atoms with Crippen molar-refractivity contribution in [2.75, 3.05) is 6.54 Å². The van der Waals surface area contributed by atoms with Gasteiger partial charge >= 0.3 is 0 Å². The van der Waals surface area contributed by atoms with Crippen LogP contribution in [0.1, 0.15) is 30.1 Å². The number of nitrogens with zero attached hydrogens (tertiary/aromatic N) is 2. The van der Waals surface area contributed by atoms with E-state index in [1.54, 1.807) is 17.3 Å². The molecule has 1 fully saturated rings. The summed E-state index contributed by atoms with van der Waals surface area (Å²) in [6, 6.07) is 7.24. The van der Waals surface area contributed by atoms with Crippen molar-refractivity contribution in [2.24, 2.45) is 0 Å². The number of aryl methyl sites for hydroxylation is 1. The second-order valence-electron chi connectivity index (χ2n) is 5.19. The van der Waals surface area contributed by atoms with Crippen LogP contribution in [0.25, 0.3) is 0 Å². The van der Waals surface area contributed by atoms with Gasteiger partial charge in [0.1, 0.15) is 4.90 Å². The zero-order chi connectivity index (χ0) is 15.0. The highest BCUT2D eigenvalue weighted by molar-refractivity contribution is 7.89. The molecule has 1 aromatic carbocycles. The molecule has 1 aliphatic heterocycles. The zero-order valence-corrected chi connectivity index (χ0v) is 13.2. The lowest BCUT2D eigenvalue weighted by Crippen LogP contribution is -2.30. The van der Waals surface area contributed by atoms with Gasteiger partial charge in [-0.25, -0.2) is 8.42 Å². The largest absolute Gasteiger partial charge is 0.281 e. The highest BCUT2D eigenvalue weighted by atomic mass is 35.5. The number of sulfonamides is 1. The minimum absolute atomic E-state index is 0.164. The summed E-state index contributed by atoms with van der Waals surface area (Å²) >= 11 is 6.03. The Kier molecular flexibility index (Phi) is 3.77. The average Bonchev–Trinajstić information content (AvgIpc) is 3.07. The standard InChI is InChI=1S/C14H16ClN3O2S/c1-10-14(9-16-17-10)21(19,20)18-7-3-6-13(18)11-4-2-5-12(15)8-11/h2,4-5,8-9,13H,3,6-7H2,1H3,(H,16,17). The van der Waals surface area contributed by atoms with Gasteiger partial charge in [-0.05, 0) is 37.5 Å². The molecule has 0 aliphatic carbocycles. The van der Waals surface area contributed by atoms with Crippen molar-refractivity contribution in [1.29, 1.82) is 0 Å². The number of nitrogens with one attached hydrogen (secondary N) is 1. The lowest BCUT2D eigenvalue weighted by molar-refractivity contribution is 0.396. The Bertz CT molecular complexity index is 757. The van der Waals surface area contributed by atoms with Crippen LogP contribution in [0.2, 0.25) is 5.02 Å². The van der Waals surface area contributed by atoms with Crippen LogP contribution in [-0.4, -0.2) is 29.5 Å². The summed E-state index contributed by atoms with van der Waals surface area (Å²) in [5.74, 6) is 0. The second-order valence-corrected chi connectivity index (χ2v) is 7.48. The van der Waals surface area contributed by atoms with Crippen molar-refractivity contribution in [2.45, 2.75) is 30.7 Å². The zero-order valence-electron chi connectivity index (χ0n) is 11.6. The van der Waals surface area contributed by atoms with Crippen molar-refractivity contribution in [1.82, 2.24) is 14.5 Å². The monoisotopic (exact) mass is 325 g/mol. The first kappa shape index (κ1) is 14.6. The highest BCUT2D eigenvalue weighted by Crippen LogP contribution is 2.37. The molecule has 1 aliphatic rings. The summed E-state index contributed by atoms with van der Waals surface area (Å²) in [5, 5.41) is 7.13. The SMILES string of the molecule is Cc1[nH]ncc1S(=O)(=O)N1CCCC1c1cccc(Cl)c1. The van der Waals surface area contributed by atoms with Crippen LogP contribution in [0.5, 0.6) is 0 Å². The van der Waals surface area contributed by atoms with Gasteiger partial charge in [-0.3, -0.25) is 5.10 Å². The number of hydrogen-bond donors (Lipinski definition) is 1. The molecular formula is C14H16ClN3O2S. The molecule has 3 rings (SSSR count). The van der Waals surface area contributed by atoms with Crippen LogP contribution < -0.4 is 0 Å². The first-order valence-electron chi connectivity index (χ1n) is 6.77. The van der Waals surface area contributed by atoms with Gasteiger partial charge in [0.25, 0.3) is 0 Å². The normalized spacial score (nSPS) is 20.0. The van der Waals surface area contributed by atoms with Crippen molar-refractivity contribution >= 4 is 21.6 Å². The van der Waals surface area contributed by atoms with Gasteiger partial charge in [0.2, 0.25) is 10.0 Å². The molecule has 0 radical (unpaired) electrons. The number of halogens is 1.